The van der Waals surface area contributed by atoms with Gasteiger partial charge in [-0.15, -0.1) is 0 Å². The number of nitrogens with zero attached hydrogens (tertiary/aromatic N) is 3. The van der Waals surface area contributed by atoms with Gasteiger partial charge in [0.25, 0.3) is 11.6 Å². The van der Waals surface area contributed by atoms with E-state index in [9.17, 15) is 28.1 Å². The molecule has 0 N–H and O–H groups in total. The number of halogens is 4. The first kappa shape index (κ1) is 22.0. The van der Waals surface area contributed by atoms with Crippen LogP contribution in [0.2, 0.25) is 5.02 Å². The number of esters is 1. The normalized spacial score (nSPS) is 11.6. The van der Waals surface area contributed by atoms with Gasteiger partial charge in [0.15, 0.2) is 6.61 Å². The third-order valence-electron chi connectivity index (χ3n) is 3.86. The number of carbonyl (C=O) groups excluding carboxylic acids is 1. The Labute approximate surface area is 177 Å². The second kappa shape index (κ2) is 8.96. The third kappa shape index (κ3) is 5.66. The number of hydrogen-bond donors (Lipinski definition) is 0. The van der Waals surface area contributed by atoms with E-state index >= 15 is 0 Å². The van der Waals surface area contributed by atoms with Crippen LogP contribution in [0.5, 0.6) is 0 Å². The van der Waals surface area contributed by atoms with E-state index in [1.807, 2.05) is 0 Å². The molecule has 0 aliphatic heterocycles. The van der Waals surface area contributed by atoms with Gasteiger partial charge in [0.2, 0.25) is 5.82 Å². The highest BCUT2D eigenvalue weighted by molar-refractivity contribution is 6.32. The molecule has 1 aromatic heterocycles. The average molecular weight is 454 g/mol. The summed E-state index contributed by atoms with van der Waals surface area (Å²) in [6.07, 6.45) is -2.12. The Balaban J connectivity index is 1.59. The molecule has 0 aliphatic rings. The first-order chi connectivity index (χ1) is 14.6. The first-order valence-electron chi connectivity index (χ1n) is 8.42. The Morgan fingerprint density at radius 1 is 1.23 bits per heavy atom. The van der Waals surface area contributed by atoms with Crippen molar-refractivity contribution < 1.29 is 32.1 Å². The number of nitro groups is 1. The molecule has 0 atom stereocenters. The van der Waals surface area contributed by atoms with Gasteiger partial charge >= 0.3 is 12.1 Å². The summed E-state index contributed by atoms with van der Waals surface area (Å²) in [5.41, 5.74) is -0.473. The highest BCUT2D eigenvalue weighted by Crippen LogP contribution is 2.30. The van der Waals surface area contributed by atoms with Crippen LogP contribution in [0.25, 0.3) is 17.5 Å². The van der Waals surface area contributed by atoms with Gasteiger partial charge in [-0.1, -0.05) is 35.0 Å². The number of benzene rings is 2. The third-order valence-corrected chi connectivity index (χ3v) is 4.17. The van der Waals surface area contributed by atoms with Crippen LogP contribution >= 0.6 is 11.6 Å². The van der Waals surface area contributed by atoms with Gasteiger partial charge in [0, 0.05) is 17.7 Å². The average Bonchev–Trinajstić information content (AvgIpc) is 3.20. The molecule has 160 valence electrons. The zero-order chi connectivity index (χ0) is 22.6. The molecule has 3 aromatic rings. The summed E-state index contributed by atoms with van der Waals surface area (Å²) in [6.45, 7) is -0.377. The molecule has 0 spiro atoms. The zero-order valence-electron chi connectivity index (χ0n) is 15.3. The molecule has 8 nitrogen and oxygen atoms in total. The molecule has 1 heterocycles. The second-order valence-corrected chi connectivity index (χ2v) is 6.40. The maximum atomic E-state index is 12.6. The lowest BCUT2D eigenvalue weighted by atomic mass is 10.1. The van der Waals surface area contributed by atoms with E-state index in [0.717, 1.165) is 18.2 Å². The van der Waals surface area contributed by atoms with E-state index in [-0.39, 0.29) is 29.0 Å². The van der Waals surface area contributed by atoms with Crippen LogP contribution in [0.1, 0.15) is 17.0 Å². The van der Waals surface area contributed by atoms with E-state index in [0.29, 0.717) is 11.1 Å². The van der Waals surface area contributed by atoms with Crippen LogP contribution < -0.4 is 0 Å². The predicted octanol–water partition coefficient (Wildman–Crippen LogP) is 5.07. The molecular weight excluding hydrogens is 443 g/mol. The molecule has 12 heteroatoms. The number of hydrogen-bond acceptors (Lipinski definition) is 7. The van der Waals surface area contributed by atoms with Gasteiger partial charge in [-0.3, -0.25) is 10.1 Å². The number of nitro benzene ring substituents is 1. The lowest BCUT2D eigenvalue weighted by Crippen LogP contribution is -2.04. The number of carbonyl (C=O) groups is 1. The van der Waals surface area contributed by atoms with Crippen LogP contribution in [-0.4, -0.2) is 21.0 Å². The van der Waals surface area contributed by atoms with Gasteiger partial charge < -0.3 is 9.26 Å². The van der Waals surface area contributed by atoms with Crippen molar-refractivity contribution in [2.45, 2.75) is 12.8 Å². The summed E-state index contributed by atoms with van der Waals surface area (Å²) in [5, 5.41) is 14.5. The SMILES string of the molecule is O=C(/C=C/c1ccc(Cl)c([N+](=O)[O-])c1)OCc1nc(-c2ccc(C(F)(F)F)cc2)no1. The molecule has 0 fully saturated rings. The summed E-state index contributed by atoms with van der Waals surface area (Å²) in [7, 11) is 0. The van der Waals surface area contributed by atoms with Gasteiger partial charge in [0.05, 0.1) is 10.5 Å². The Hall–Kier alpha value is -3.73. The molecule has 0 amide bonds. The van der Waals surface area contributed by atoms with Crippen LogP contribution in [0.3, 0.4) is 0 Å². The van der Waals surface area contributed by atoms with Crippen molar-refractivity contribution in [3.05, 3.63) is 80.7 Å². The minimum Gasteiger partial charge on any atom is -0.452 e. The highest BCUT2D eigenvalue weighted by atomic mass is 35.5. The summed E-state index contributed by atoms with van der Waals surface area (Å²) < 4.78 is 47.7. The van der Waals surface area contributed by atoms with Crippen LogP contribution in [0.15, 0.2) is 53.1 Å². The number of ether oxygens (including phenoxy) is 1. The number of rotatable bonds is 6. The molecule has 0 aliphatic carbocycles. The fourth-order valence-corrected chi connectivity index (χ4v) is 2.54. The fourth-order valence-electron chi connectivity index (χ4n) is 2.36. The van der Waals surface area contributed by atoms with Gasteiger partial charge in [-0.05, 0) is 29.8 Å². The van der Waals surface area contributed by atoms with Crippen molar-refractivity contribution >= 4 is 29.3 Å². The van der Waals surface area contributed by atoms with Gasteiger partial charge in [-0.2, -0.15) is 18.2 Å². The van der Waals surface area contributed by atoms with E-state index in [4.69, 9.17) is 20.9 Å². The molecule has 0 saturated heterocycles. The second-order valence-electron chi connectivity index (χ2n) is 6.00. The summed E-state index contributed by atoms with van der Waals surface area (Å²) in [6, 6.07) is 8.16. The van der Waals surface area contributed by atoms with Crippen molar-refractivity contribution in [1.82, 2.24) is 10.1 Å². The Bertz CT molecular complexity index is 1140. The Morgan fingerprint density at radius 2 is 1.94 bits per heavy atom. The van der Waals surface area contributed by atoms with Gasteiger partial charge in [-0.25, -0.2) is 4.79 Å². The van der Waals surface area contributed by atoms with E-state index in [2.05, 4.69) is 10.1 Å². The quantitative estimate of drug-likeness (QED) is 0.222. The monoisotopic (exact) mass is 453 g/mol. The largest absolute Gasteiger partial charge is 0.452 e. The van der Waals surface area contributed by atoms with Gasteiger partial charge in [0.1, 0.15) is 5.02 Å². The van der Waals surface area contributed by atoms with Crippen LogP contribution in [0, 0.1) is 10.1 Å². The number of aromatic nitrogens is 2. The highest BCUT2D eigenvalue weighted by Gasteiger charge is 2.30. The van der Waals surface area contributed by atoms with Crippen molar-refractivity contribution in [2.75, 3.05) is 0 Å². The molecular formula is C19H11ClF3N3O5. The molecule has 3 rings (SSSR count). The maximum Gasteiger partial charge on any atom is 0.416 e. The van der Waals surface area contributed by atoms with Crippen molar-refractivity contribution in [3.8, 4) is 11.4 Å². The number of alkyl halides is 3. The predicted molar refractivity (Wildman–Crippen MR) is 102 cm³/mol. The summed E-state index contributed by atoms with van der Waals surface area (Å²) in [4.78, 5) is 26.0. The lowest BCUT2D eigenvalue weighted by Gasteiger charge is -2.05. The van der Waals surface area contributed by atoms with Crippen molar-refractivity contribution in [3.63, 3.8) is 0 Å². The van der Waals surface area contributed by atoms with Crippen molar-refractivity contribution in [1.29, 1.82) is 0 Å². The standard InChI is InChI=1S/C19H11ClF3N3O5/c20-14-7-1-11(9-15(14)26(28)29)2-8-17(27)30-10-16-24-18(25-31-16)12-3-5-13(6-4-12)19(21,22)23/h1-9H,10H2/b8-2+. The van der Waals surface area contributed by atoms with Crippen LogP contribution in [-0.2, 0) is 22.3 Å². The van der Waals surface area contributed by atoms with E-state index in [1.54, 1.807) is 0 Å². The molecule has 31 heavy (non-hydrogen) atoms. The zero-order valence-corrected chi connectivity index (χ0v) is 16.1. The lowest BCUT2D eigenvalue weighted by molar-refractivity contribution is -0.384. The minimum absolute atomic E-state index is 0.0313. The van der Waals surface area contributed by atoms with E-state index in [1.165, 1.54) is 36.4 Å². The Morgan fingerprint density at radius 3 is 2.58 bits per heavy atom. The summed E-state index contributed by atoms with van der Waals surface area (Å²) >= 11 is 5.71. The molecule has 0 saturated carbocycles. The van der Waals surface area contributed by atoms with E-state index < -0.39 is 22.6 Å². The fraction of sp³-hybridized carbons (Fsp3) is 0.105. The smallest absolute Gasteiger partial charge is 0.416 e. The maximum absolute atomic E-state index is 12.6. The summed E-state index contributed by atoms with van der Waals surface area (Å²) in [5.74, 6) is -0.825. The first-order valence-corrected chi connectivity index (χ1v) is 8.80. The minimum atomic E-state index is -4.46. The molecule has 2 aromatic carbocycles. The molecule has 0 bridgehead atoms. The van der Waals surface area contributed by atoms with Crippen molar-refractivity contribution in [2.24, 2.45) is 0 Å². The topological polar surface area (TPSA) is 108 Å². The molecule has 0 radical (unpaired) electrons. The molecule has 0 unspecified atom stereocenters. The van der Waals surface area contributed by atoms with Crippen LogP contribution in [0.4, 0.5) is 18.9 Å². The Kier molecular flexibility index (Phi) is 6.35.